The van der Waals surface area contributed by atoms with Crippen LogP contribution in [0.25, 0.3) is 0 Å². The Hall–Kier alpha value is -1.04. The Kier molecular flexibility index (Phi) is 4.50. The van der Waals surface area contributed by atoms with Crippen LogP contribution in [0.5, 0.6) is 11.6 Å². The molecular formula is C12H8BrCl2FN2O. The smallest absolute Gasteiger partial charge is 0.240 e. The Bertz CT molecular complexity index is 605. The van der Waals surface area contributed by atoms with Gasteiger partial charge in [-0.25, -0.2) is 4.39 Å². The molecule has 3 nitrogen and oxygen atoms in total. The number of aromatic nitrogens is 1. The van der Waals surface area contributed by atoms with Gasteiger partial charge in [0.2, 0.25) is 5.88 Å². The fraction of sp³-hybridized carbons (Fsp3) is 0.0833. The van der Waals surface area contributed by atoms with Crippen molar-refractivity contribution in [2.45, 2.75) is 0 Å². The highest BCUT2D eigenvalue weighted by Crippen LogP contribution is 2.34. The largest absolute Gasteiger partial charge is 0.437 e. The highest BCUT2D eigenvalue weighted by Gasteiger charge is 2.11. The van der Waals surface area contributed by atoms with Crippen LogP contribution in [0.2, 0.25) is 10.0 Å². The van der Waals surface area contributed by atoms with E-state index < -0.39 is 5.82 Å². The average molecular weight is 366 g/mol. The molecule has 0 fully saturated rings. The summed E-state index contributed by atoms with van der Waals surface area (Å²) < 4.78 is 19.3. The molecule has 0 amide bonds. The molecule has 2 rings (SSSR count). The van der Waals surface area contributed by atoms with E-state index in [1.54, 1.807) is 13.1 Å². The van der Waals surface area contributed by atoms with Gasteiger partial charge in [0.1, 0.15) is 22.4 Å². The fourth-order valence-electron chi connectivity index (χ4n) is 1.40. The molecule has 0 atom stereocenters. The van der Waals surface area contributed by atoms with Crippen molar-refractivity contribution in [1.29, 1.82) is 0 Å². The number of pyridine rings is 1. The van der Waals surface area contributed by atoms with Gasteiger partial charge in [0.05, 0.1) is 5.02 Å². The minimum absolute atomic E-state index is 0.146. The Morgan fingerprint density at radius 1 is 1.21 bits per heavy atom. The van der Waals surface area contributed by atoms with E-state index in [4.69, 9.17) is 27.9 Å². The summed E-state index contributed by atoms with van der Waals surface area (Å²) in [4.78, 5) is 4.11. The number of hydrogen-bond donors (Lipinski definition) is 1. The van der Waals surface area contributed by atoms with Gasteiger partial charge in [-0.3, -0.25) is 0 Å². The maximum absolute atomic E-state index is 13.2. The van der Waals surface area contributed by atoms with Crippen molar-refractivity contribution in [2.24, 2.45) is 0 Å². The third-order valence-corrected chi connectivity index (χ3v) is 3.20. The zero-order valence-electron chi connectivity index (χ0n) is 9.68. The van der Waals surface area contributed by atoms with Gasteiger partial charge in [0, 0.05) is 17.6 Å². The van der Waals surface area contributed by atoms with Crippen LogP contribution in [-0.2, 0) is 0 Å². The van der Waals surface area contributed by atoms with Gasteiger partial charge < -0.3 is 10.1 Å². The predicted molar refractivity (Wildman–Crippen MR) is 78.0 cm³/mol. The van der Waals surface area contributed by atoms with E-state index in [0.29, 0.717) is 15.3 Å². The van der Waals surface area contributed by atoms with Crippen molar-refractivity contribution in [1.82, 2.24) is 4.98 Å². The molecule has 0 unspecified atom stereocenters. The second-order valence-electron chi connectivity index (χ2n) is 3.56. The Balaban J connectivity index is 2.37. The fourth-order valence-corrected chi connectivity index (χ4v) is 2.33. The maximum Gasteiger partial charge on any atom is 0.240 e. The lowest BCUT2D eigenvalue weighted by atomic mass is 10.3. The van der Waals surface area contributed by atoms with Crippen LogP contribution in [0.1, 0.15) is 0 Å². The number of nitrogens with one attached hydrogen (secondary N) is 1. The molecule has 1 heterocycles. The highest BCUT2D eigenvalue weighted by molar-refractivity contribution is 9.10. The van der Waals surface area contributed by atoms with Crippen LogP contribution in [-0.4, -0.2) is 12.0 Å². The van der Waals surface area contributed by atoms with E-state index >= 15 is 0 Å². The van der Waals surface area contributed by atoms with Gasteiger partial charge >= 0.3 is 0 Å². The first-order valence-corrected chi connectivity index (χ1v) is 6.72. The minimum Gasteiger partial charge on any atom is -0.437 e. The summed E-state index contributed by atoms with van der Waals surface area (Å²) in [5.41, 5.74) is 0. The molecule has 0 spiro atoms. The quantitative estimate of drug-likeness (QED) is 0.819. The van der Waals surface area contributed by atoms with Gasteiger partial charge in [-0.1, -0.05) is 39.1 Å². The van der Waals surface area contributed by atoms with Crippen LogP contribution in [0.4, 0.5) is 10.2 Å². The third-order valence-electron chi connectivity index (χ3n) is 2.18. The topological polar surface area (TPSA) is 34.2 Å². The van der Waals surface area contributed by atoms with Crippen molar-refractivity contribution < 1.29 is 9.13 Å². The first kappa shape index (κ1) is 14.4. The first-order chi connectivity index (χ1) is 8.99. The molecule has 0 aliphatic carbocycles. The van der Waals surface area contributed by atoms with E-state index in [-0.39, 0.29) is 16.7 Å². The highest BCUT2D eigenvalue weighted by atomic mass is 79.9. The molecule has 0 saturated carbocycles. The Morgan fingerprint density at radius 3 is 2.58 bits per heavy atom. The number of hydrogen-bond acceptors (Lipinski definition) is 3. The van der Waals surface area contributed by atoms with E-state index in [1.807, 2.05) is 0 Å². The SMILES string of the molecule is CNc1nc(Oc2cc(F)cc(Br)c2)c(Cl)cc1Cl. The van der Waals surface area contributed by atoms with E-state index in [2.05, 4.69) is 26.2 Å². The van der Waals surface area contributed by atoms with Gasteiger partial charge in [0.15, 0.2) is 0 Å². The van der Waals surface area contributed by atoms with Crippen LogP contribution in [0.15, 0.2) is 28.7 Å². The van der Waals surface area contributed by atoms with Crippen LogP contribution in [0, 0.1) is 5.82 Å². The average Bonchev–Trinajstić information content (AvgIpc) is 2.31. The molecule has 1 N–H and O–H groups in total. The summed E-state index contributed by atoms with van der Waals surface area (Å²) in [6, 6.07) is 5.67. The standard InChI is InChI=1S/C12H8BrCl2FN2O/c1-17-11-9(14)5-10(15)12(18-11)19-8-3-6(13)2-7(16)4-8/h2-5H,1H3,(H,17,18). The summed E-state index contributed by atoms with van der Waals surface area (Å²) in [5, 5.41) is 3.42. The van der Waals surface area contributed by atoms with Crippen molar-refractivity contribution in [3.8, 4) is 11.6 Å². The van der Waals surface area contributed by atoms with Crippen molar-refractivity contribution in [3.05, 3.63) is 44.6 Å². The number of halogens is 4. The molecule has 0 aliphatic heterocycles. The molecule has 19 heavy (non-hydrogen) atoms. The molecule has 2 aromatic rings. The van der Waals surface area contributed by atoms with Gasteiger partial charge in [-0.15, -0.1) is 0 Å². The molecule has 0 radical (unpaired) electrons. The van der Waals surface area contributed by atoms with Gasteiger partial charge in [-0.05, 0) is 18.2 Å². The number of benzene rings is 1. The predicted octanol–water partition coefficient (Wildman–Crippen LogP) is 5.12. The monoisotopic (exact) mass is 364 g/mol. The summed E-state index contributed by atoms with van der Waals surface area (Å²) in [7, 11) is 1.67. The van der Waals surface area contributed by atoms with Crippen LogP contribution < -0.4 is 10.1 Å². The lowest BCUT2D eigenvalue weighted by Crippen LogP contribution is -1.97. The summed E-state index contributed by atoms with van der Waals surface area (Å²) in [6.07, 6.45) is 0. The van der Waals surface area contributed by atoms with Crippen molar-refractivity contribution in [2.75, 3.05) is 12.4 Å². The first-order valence-electron chi connectivity index (χ1n) is 5.17. The molecule has 1 aromatic heterocycles. The minimum atomic E-state index is -0.427. The number of ether oxygens (including phenoxy) is 1. The molecule has 1 aromatic carbocycles. The maximum atomic E-state index is 13.2. The van der Waals surface area contributed by atoms with E-state index in [0.717, 1.165) is 0 Å². The van der Waals surface area contributed by atoms with Gasteiger partial charge in [0.25, 0.3) is 0 Å². The zero-order valence-corrected chi connectivity index (χ0v) is 12.8. The molecule has 100 valence electrons. The van der Waals surface area contributed by atoms with Crippen molar-refractivity contribution >= 4 is 44.9 Å². The van der Waals surface area contributed by atoms with Gasteiger partial charge in [-0.2, -0.15) is 4.98 Å². The Morgan fingerprint density at radius 2 is 1.95 bits per heavy atom. The van der Waals surface area contributed by atoms with E-state index in [1.165, 1.54) is 18.2 Å². The molecule has 0 bridgehead atoms. The number of anilines is 1. The lowest BCUT2D eigenvalue weighted by molar-refractivity contribution is 0.458. The molecular weight excluding hydrogens is 358 g/mol. The second kappa shape index (κ2) is 5.94. The number of rotatable bonds is 3. The summed E-state index contributed by atoms with van der Waals surface area (Å²) in [5.74, 6) is 0.429. The zero-order chi connectivity index (χ0) is 14.0. The lowest BCUT2D eigenvalue weighted by Gasteiger charge is -2.10. The van der Waals surface area contributed by atoms with E-state index in [9.17, 15) is 4.39 Å². The molecule has 0 aliphatic rings. The second-order valence-corrected chi connectivity index (χ2v) is 5.29. The normalized spacial score (nSPS) is 10.4. The third kappa shape index (κ3) is 3.49. The summed E-state index contributed by atoms with van der Waals surface area (Å²) in [6.45, 7) is 0. The molecule has 7 heteroatoms. The number of nitrogens with zero attached hydrogens (tertiary/aromatic N) is 1. The van der Waals surface area contributed by atoms with Crippen molar-refractivity contribution in [3.63, 3.8) is 0 Å². The van der Waals surface area contributed by atoms with Crippen LogP contribution >= 0.6 is 39.1 Å². The molecule has 0 saturated heterocycles. The van der Waals surface area contributed by atoms with Crippen LogP contribution in [0.3, 0.4) is 0 Å². The summed E-state index contributed by atoms with van der Waals surface area (Å²) >= 11 is 15.1. The Labute approximate surface area is 127 Å².